The highest BCUT2D eigenvalue weighted by Gasteiger charge is 2.41. The number of nitrogens with zero attached hydrogens (tertiary/aromatic N) is 1. The van der Waals surface area contributed by atoms with Gasteiger partial charge < -0.3 is 10.1 Å². The Morgan fingerprint density at radius 3 is 2.63 bits per heavy atom. The molecule has 1 spiro atoms. The summed E-state index contributed by atoms with van der Waals surface area (Å²) in [7, 11) is 1.82. The zero-order valence-electron chi connectivity index (χ0n) is 13.1. The lowest BCUT2D eigenvalue weighted by Crippen LogP contribution is -2.65. The fraction of sp³-hybridized carbons (Fsp3) is 1.00. The summed E-state index contributed by atoms with van der Waals surface area (Å²) in [6.45, 7) is 9.02. The Morgan fingerprint density at radius 2 is 2.00 bits per heavy atom. The third-order valence-corrected chi connectivity index (χ3v) is 4.94. The fourth-order valence-electron chi connectivity index (χ4n) is 3.93. The Morgan fingerprint density at radius 1 is 1.26 bits per heavy atom. The number of hydrogen-bond donors (Lipinski definition) is 1. The highest BCUT2D eigenvalue weighted by atomic mass is 16.5. The van der Waals surface area contributed by atoms with Gasteiger partial charge in [-0.15, -0.1) is 0 Å². The van der Waals surface area contributed by atoms with Crippen molar-refractivity contribution in [2.24, 2.45) is 5.92 Å². The second kappa shape index (κ2) is 7.05. The predicted octanol–water partition coefficient (Wildman–Crippen LogP) is 2.66. The topological polar surface area (TPSA) is 24.5 Å². The first-order valence-corrected chi connectivity index (χ1v) is 8.14. The summed E-state index contributed by atoms with van der Waals surface area (Å²) in [6.07, 6.45) is 8.27. The van der Waals surface area contributed by atoms with Crippen LogP contribution in [0, 0.1) is 5.92 Å². The zero-order valence-corrected chi connectivity index (χ0v) is 13.1. The van der Waals surface area contributed by atoms with Crippen molar-refractivity contribution in [3.8, 4) is 0 Å². The number of methoxy groups -OCH3 is 1. The van der Waals surface area contributed by atoms with E-state index < -0.39 is 0 Å². The molecule has 1 unspecified atom stereocenters. The summed E-state index contributed by atoms with van der Waals surface area (Å²) in [5.74, 6) is 0.780. The molecule has 1 N–H and O–H groups in total. The highest BCUT2D eigenvalue weighted by molar-refractivity contribution is 5.00. The molecule has 1 saturated carbocycles. The van der Waals surface area contributed by atoms with Crippen molar-refractivity contribution >= 4 is 0 Å². The van der Waals surface area contributed by atoms with Crippen molar-refractivity contribution < 1.29 is 4.74 Å². The van der Waals surface area contributed by atoms with Crippen LogP contribution >= 0.6 is 0 Å². The van der Waals surface area contributed by atoms with Crippen LogP contribution in [-0.2, 0) is 4.74 Å². The van der Waals surface area contributed by atoms with Gasteiger partial charge >= 0.3 is 0 Å². The van der Waals surface area contributed by atoms with E-state index in [9.17, 15) is 0 Å². The molecule has 1 saturated heterocycles. The first-order chi connectivity index (χ1) is 9.16. The number of hydrogen-bond acceptors (Lipinski definition) is 3. The van der Waals surface area contributed by atoms with Crippen LogP contribution in [0.5, 0.6) is 0 Å². The van der Waals surface area contributed by atoms with Gasteiger partial charge in [0.1, 0.15) is 0 Å². The Kier molecular flexibility index (Phi) is 5.67. The first-order valence-electron chi connectivity index (χ1n) is 8.14. The van der Waals surface area contributed by atoms with Crippen LogP contribution in [-0.4, -0.2) is 49.8 Å². The molecule has 0 amide bonds. The third-order valence-electron chi connectivity index (χ3n) is 4.94. The van der Waals surface area contributed by atoms with Crippen LogP contribution in [0.2, 0.25) is 0 Å². The molecule has 1 aliphatic carbocycles. The van der Waals surface area contributed by atoms with E-state index in [1.807, 2.05) is 7.11 Å². The fourth-order valence-corrected chi connectivity index (χ4v) is 3.93. The van der Waals surface area contributed by atoms with E-state index in [1.165, 1.54) is 51.6 Å². The monoisotopic (exact) mass is 268 g/mol. The molecule has 1 heterocycles. The SMILES string of the molecule is COCCN1CC(CC(C)C)NCC12CCCCC2. The van der Waals surface area contributed by atoms with E-state index in [2.05, 4.69) is 24.1 Å². The Bertz CT molecular complexity index is 261. The average molecular weight is 268 g/mol. The summed E-state index contributed by atoms with van der Waals surface area (Å²) in [5.41, 5.74) is 0.435. The molecule has 112 valence electrons. The molecule has 2 rings (SSSR count). The quantitative estimate of drug-likeness (QED) is 0.829. The molecule has 0 aromatic rings. The predicted molar refractivity (Wildman–Crippen MR) is 80.5 cm³/mol. The average Bonchev–Trinajstić information content (AvgIpc) is 2.40. The lowest BCUT2D eigenvalue weighted by molar-refractivity contribution is -0.00829. The van der Waals surface area contributed by atoms with Crippen LogP contribution in [0.25, 0.3) is 0 Å². The van der Waals surface area contributed by atoms with Gasteiger partial charge in [-0.2, -0.15) is 0 Å². The Labute approximate surface area is 119 Å². The van der Waals surface area contributed by atoms with Crippen LogP contribution in [0.15, 0.2) is 0 Å². The molecule has 3 nitrogen and oxygen atoms in total. The number of rotatable bonds is 5. The largest absolute Gasteiger partial charge is 0.383 e. The minimum atomic E-state index is 0.435. The molecule has 0 aromatic heterocycles. The van der Waals surface area contributed by atoms with Gasteiger partial charge in [0.25, 0.3) is 0 Å². The maximum Gasteiger partial charge on any atom is 0.0589 e. The van der Waals surface area contributed by atoms with E-state index in [0.29, 0.717) is 11.6 Å². The van der Waals surface area contributed by atoms with Crippen molar-refractivity contribution in [2.45, 2.75) is 64.0 Å². The van der Waals surface area contributed by atoms with Crippen molar-refractivity contribution in [3.63, 3.8) is 0 Å². The summed E-state index contributed by atoms with van der Waals surface area (Å²) in [5, 5.41) is 3.83. The summed E-state index contributed by atoms with van der Waals surface area (Å²) in [4.78, 5) is 2.75. The van der Waals surface area contributed by atoms with Gasteiger partial charge in [-0.05, 0) is 25.2 Å². The second-order valence-corrected chi connectivity index (χ2v) is 6.93. The van der Waals surface area contributed by atoms with Crippen molar-refractivity contribution in [2.75, 3.05) is 33.4 Å². The minimum Gasteiger partial charge on any atom is -0.383 e. The van der Waals surface area contributed by atoms with Gasteiger partial charge in [0.2, 0.25) is 0 Å². The standard InChI is InChI=1S/C16H32N2O/c1-14(2)11-15-12-18(9-10-19-3)16(13-17-15)7-5-4-6-8-16/h14-15,17H,4-13H2,1-3H3. The van der Waals surface area contributed by atoms with E-state index >= 15 is 0 Å². The Balaban J connectivity index is 1.98. The molecule has 3 heteroatoms. The normalized spacial score (nSPS) is 28.1. The van der Waals surface area contributed by atoms with Gasteiger partial charge in [0, 0.05) is 38.3 Å². The molecule has 0 radical (unpaired) electrons. The molecule has 1 aliphatic heterocycles. The molecule has 0 bridgehead atoms. The van der Waals surface area contributed by atoms with E-state index in [4.69, 9.17) is 4.74 Å². The van der Waals surface area contributed by atoms with Crippen LogP contribution in [0.4, 0.5) is 0 Å². The highest BCUT2D eigenvalue weighted by Crippen LogP contribution is 2.35. The van der Waals surface area contributed by atoms with Gasteiger partial charge in [0.05, 0.1) is 6.61 Å². The zero-order chi connectivity index (χ0) is 13.7. The Hall–Kier alpha value is -0.120. The van der Waals surface area contributed by atoms with E-state index in [1.54, 1.807) is 0 Å². The molecule has 2 fully saturated rings. The van der Waals surface area contributed by atoms with Crippen LogP contribution in [0.1, 0.15) is 52.4 Å². The maximum atomic E-state index is 5.33. The number of ether oxygens (including phenoxy) is 1. The van der Waals surface area contributed by atoms with Crippen molar-refractivity contribution in [1.29, 1.82) is 0 Å². The van der Waals surface area contributed by atoms with Gasteiger partial charge in [0.15, 0.2) is 0 Å². The molecule has 0 aromatic carbocycles. The molecular formula is C16H32N2O. The summed E-state index contributed by atoms with van der Waals surface area (Å²) >= 11 is 0. The van der Waals surface area contributed by atoms with Crippen LogP contribution < -0.4 is 5.32 Å². The summed E-state index contributed by atoms with van der Waals surface area (Å²) < 4.78 is 5.33. The third kappa shape index (κ3) is 3.93. The molecular weight excluding hydrogens is 236 g/mol. The smallest absolute Gasteiger partial charge is 0.0589 e. The van der Waals surface area contributed by atoms with Gasteiger partial charge in [-0.25, -0.2) is 0 Å². The lowest BCUT2D eigenvalue weighted by Gasteiger charge is -2.52. The van der Waals surface area contributed by atoms with Crippen LogP contribution in [0.3, 0.4) is 0 Å². The van der Waals surface area contributed by atoms with E-state index in [-0.39, 0.29) is 0 Å². The van der Waals surface area contributed by atoms with Gasteiger partial charge in [-0.1, -0.05) is 33.1 Å². The first kappa shape index (κ1) is 15.3. The van der Waals surface area contributed by atoms with Gasteiger partial charge in [-0.3, -0.25) is 4.90 Å². The summed E-state index contributed by atoms with van der Waals surface area (Å²) in [6, 6.07) is 0.671. The number of nitrogens with one attached hydrogen (secondary N) is 1. The van der Waals surface area contributed by atoms with Crippen molar-refractivity contribution in [3.05, 3.63) is 0 Å². The maximum absolute atomic E-state index is 5.33. The number of piperazine rings is 1. The molecule has 19 heavy (non-hydrogen) atoms. The molecule has 2 aliphatic rings. The second-order valence-electron chi connectivity index (χ2n) is 6.93. The minimum absolute atomic E-state index is 0.435. The lowest BCUT2D eigenvalue weighted by atomic mass is 9.78. The van der Waals surface area contributed by atoms with Crippen molar-refractivity contribution in [1.82, 2.24) is 10.2 Å². The molecule has 1 atom stereocenters. The van der Waals surface area contributed by atoms with E-state index in [0.717, 1.165) is 19.1 Å².